The van der Waals surface area contributed by atoms with E-state index in [4.69, 9.17) is 0 Å². The van der Waals surface area contributed by atoms with Crippen molar-refractivity contribution in [3.05, 3.63) is 0 Å². The van der Waals surface area contributed by atoms with E-state index in [2.05, 4.69) is 17.3 Å². The van der Waals surface area contributed by atoms with Gasteiger partial charge in [0.15, 0.2) is 0 Å². The molecule has 76 valence electrons. The standard InChI is InChI=1S/C10H20N2O/c1-12-5-2-3-10(13,4-6-12)9-7-11-8-9/h9,11,13H,2-8H2,1H3. The van der Waals surface area contributed by atoms with Crippen molar-refractivity contribution in [2.24, 2.45) is 5.92 Å². The highest BCUT2D eigenvalue weighted by molar-refractivity contribution is 4.95. The van der Waals surface area contributed by atoms with Crippen LogP contribution in [-0.2, 0) is 0 Å². The zero-order valence-electron chi connectivity index (χ0n) is 8.42. The number of aliphatic hydroxyl groups is 1. The van der Waals surface area contributed by atoms with Crippen LogP contribution in [0, 0.1) is 5.92 Å². The topological polar surface area (TPSA) is 35.5 Å². The van der Waals surface area contributed by atoms with Gasteiger partial charge in [-0.2, -0.15) is 0 Å². The molecule has 1 atom stereocenters. The summed E-state index contributed by atoms with van der Waals surface area (Å²) < 4.78 is 0. The van der Waals surface area contributed by atoms with Crippen molar-refractivity contribution < 1.29 is 5.11 Å². The fourth-order valence-electron chi connectivity index (χ4n) is 2.35. The summed E-state index contributed by atoms with van der Waals surface area (Å²) in [6.45, 7) is 4.22. The van der Waals surface area contributed by atoms with Gasteiger partial charge in [-0.05, 0) is 32.9 Å². The van der Waals surface area contributed by atoms with Gasteiger partial charge in [0.25, 0.3) is 0 Å². The van der Waals surface area contributed by atoms with Crippen molar-refractivity contribution in [3.63, 3.8) is 0 Å². The second-order valence-corrected chi connectivity index (χ2v) is 4.62. The fourth-order valence-corrected chi connectivity index (χ4v) is 2.35. The molecule has 2 heterocycles. The van der Waals surface area contributed by atoms with Gasteiger partial charge in [0.2, 0.25) is 0 Å². The fraction of sp³-hybridized carbons (Fsp3) is 1.00. The molecule has 1 unspecified atom stereocenters. The predicted molar refractivity (Wildman–Crippen MR) is 52.7 cm³/mol. The Labute approximate surface area is 80.1 Å². The number of rotatable bonds is 1. The molecule has 0 amide bonds. The first-order valence-electron chi connectivity index (χ1n) is 5.32. The van der Waals surface area contributed by atoms with Crippen LogP contribution in [0.3, 0.4) is 0 Å². The summed E-state index contributed by atoms with van der Waals surface area (Å²) in [6, 6.07) is 0. The smallest absolute Gasteiger partial charge is 0.0712 e. The summed E-state index contributed by atoms with van der Waals surface area (Å²) in [6.07, 6.45) is 3.09. The van der Waals surface area contributed by atoms with Gasteiger partial charge in [-0.1, -0.05) is 0 Å². The van der Waals surface area contributed by atoms with E-state index < -0.39 is 0 Å². The summed E-state index contributed by atoms with van der Waals surface area (Å²) in [4.78, 5) is 2.32. The first kappa shape index (κ1) is 9.44. The molecule has 2 aliphatic heterocycles. The lowest BCUT2D eigenvalue weighted by atomic mass is 9.78. The van der Waals surface area contributed by atoms with E-state index in [1.807, 2.05) is 0 Å². The maximum atomic E-state index is 10.4. The Balaban J connectivity index is 1.95. The summed E-state index contributed by atoms with van der Waals surface area (Å²) >= 11 is 0. The van der Waals surface area contributed by atoms with Crippen LogP contribution in [0.1, 0.15) is 19.3 Å². The number of hydrogen-bond donors (Lipinski definition) is 2. The maximum absolute atomic E-state index is 10.4. The molecule has 2 rings (SSSR count). The number of nitrogens with zero attached hydrogens (tertiary/aromatic N) is 1. The van der Waals surface area contributed by atoms with Crippen molar-refractivity contribution in [3.8, 4) is 0 Å². The van der Waals surface area contributed by atoms with E-state index in [9.17, 15) is 5.11 Å². The summed E-state index contributed by atoms with van der Waals surface area (Å²) in [5.74, 6) is 0.513. The van der Waals surface area contributed by atoms with Gasteiger partial charge in [0, 0.05) is 25.6 Å². The number of nitrogens with one attached hydrogen (secondary N) is 1. The van der Waals surface area contributed by atoms with Crippen LogP contribution in [0.25, 0.3) is 0 Å². The van der Waals surface area contributed by atoms with E-state index in [-0.39, 0.29) is 5.60 Å². The molecule has 0 aliphatic carbocycles. The van der Waals surface area contributed by atoms with Gasteiger partial charge in [-0.15, -0.1) is 0 Å². The van der Waals surface area contributed by atoms with Crippen LogP contribution in [0.15, 0.2) is 0 Å². The summed E-state index contributed by atoms with van der Waals surface area (Å²) in [5.41, 5.74) is -0.365. The highest BCUT2D eigenvalue weighted by Gasteiger charge is 2.40. The molecule has 0 radical (unpaired) electrons. The first-order chi connectivity index (χ1) is 6.21. The summed E-state index contributed by atoms with van der Waals surface area (Å²) in [5, 5.41) is 13.7. The second-order valence-electron chi connectivity index (χ2n) is 4.62. The first-order valence-corrected chi connectivity index (χ1v) is 5.32. The zero-order valence-corrected chi connectivity index (χ0v) is 8.42. The molecule has 2 aliphatic rings. The van der Waals surface area contributed by atoms with Crippen LogP contribution in [0.2, 0.25) is 0 Å². The Hall–Kier alpha value is -0.120. The molecule has 2 saturated heterocycles. The Kier molecular flexibility index (Phi) is 2.58. The molecule has 0 spiro atoms. The van der Waals surface area contributed by atoms with Gasteiger partial charge < -0.3 is 15.3 Å². The minimum atomic E-state index is -0.365. The SMILES string of the molecule is CN1CCCC(O)(C2CNC2)CC1. The molecule has 3 nitrogen and oxygen atoms in total. The van der Waals surface area contributed by atoms with Crippen molar-refractivity contribution >= 4 is 0 Å². The van der Waals surface area contributed by atoms with Crippen LogP contribution >= 0.6 is 0 Å². The molecule has 13 heavy (non-hydrogen) atoms. The highest BCUT2D eigenvalue weighted by atomic mass is 16.3. The van der Waals surface area contributed by atoms with Gasteiger partial charge in [-0.25, -0.2) is 0 Å². The third-order valence-corrected chi connectivity index (χ3v) is 3.62. The lowest BCUT2D eigenvalue weighted by molar-refractivity contribution is -0.0498. The monoisotopic (exact) mass is 184 g/mol. The number of likely N-dealkylation sites (tertiary alicyclic amines) is 1. The minimum Gasteiger partial charge on any atom is -0.389 e. The average molecular weight is 184 g/mol. The van der Waals surface area contributed by atoms with Crippen LogP contribution < -0.4 is 5.32 Å². The average Bonchev–Trinajstić information content (AvgIpc) is 2.11. The Morgan fingerprint density at radius 1 is 1.31 bits per heavy atom. The molecule has 0 aromatic rings. The van der Waals surface area contributed by atoms with E-state index in [0.717, 1.165) is 45.4 Å². The van der Waals surface area contributed by atoms with E-state index in [1.165, 1.54) is 0 Å². The molecular weight excluding hydrogens is 164 g/mol. The highest BCUT2D eigenvalue weighted by Crippen LogP contribution is 2.31. The lowest BCUT2D eigenvalue weighted by Crippen LogP contribution is -2.56. The van der Waals surface area contributed by atoms with Crippen LogP contribution in [-0.4, -0.2) is 48.8 Å². The van der Waals surface area contributed by atoms with Crippen molar-refractivity contribution in [1.82, 2.24) is 10.2 Å². The van der Waals surface area contributed by atoms with Gasteiger partial charge in [-0.3, -0.25) is 0 Å². The Bertz CT molecular complexity index is 182. The Morgan fingerprint density at radius 2 is 2.08 bits per heavy atom. The maximum Gasteiger partial charge on any atom is 0.0712 e. The van der Waals surface area contributed by atoms with E-state index >= 15 is 0 Å². The largest absolute Gasteiger partial charge is 0.389 e. The molecule has 2 fully saturated rings. The zero-order chi connectivity index (χ0) is 9.31. The van der Waals surface area contributed by atoms with E-state index in [1.54, 1.807) is 0 Å². The van der Waals surface area contributed by atoms with Crippen LogP contribution in [0.5, 0.6) is 0 Å². The van der Waals surface area contributed by atoms with Gasteiger partial charge >= 0.3 is 0 Å². The molecule has 0 aromatic carbocycles. The quantitative estimate of drug-likeness (QED) is 0.604. The molecule has 3 heteroatoms. The number of hydrogen-bond acceptors (Lipinski definition) is 3. The second kappa shape index (κ2) is 3.56. The van der Waals surface area contributed by atoms with Gasteiger partial charge in [0.05, 0.1) is 5.60 Å². The third kappa shape index (κ3) is 1.87. The molecule has 0 bridgehead atoms. The van der Waals surface area contributed by atoms with Gasteiger partial charge in [0.1, 0.15) is 0 Å². The predicted octanol–water partition coefficient (Wildman–Crippen LogP) is 0.0526. The lowest BCUT2D eigenvalue weighted by Gasteiger charge is -2.41. The van der Waals surface area contributed by atoms with Crippen molar-refractivity contribution in [1.29, 1.82) is 0 Å². The molecule has 2 N–H and O–H groups in total. The van der Waals surface area contributed by atoms with Crippen LogP contribution in [0.4, 0.5) is 0 Å². The third-order valence-electron chi connectivity index (χ3n) is 3.62. The minimum absolute atomic E-state index is 0.365. The molecule has 0 aromatic heterocycles. The van der Waals surface area contributed by atoms with Crippen molar-refractivity contribution in [2.45, 2.75) is 24.9 Å². The normalized spacial score (nSPS) is 38.3. The summed E-state index contributed by atoms with van der Waals surface area (Å²) in [7, 11) is 2.14. The Morgan fingerprint density at radius 3 is 2.69 bits per heavy atom. The van der Waals surface area contributed by atoms with Crippen molar-refractivity contribution in [2.75, 3.05) is 33.2 Å². The van der Waals surface area contributed by atoms with E-state index in [0.29, 0.717) is 5.92 Å². The molecular formula is C10H20N2O. The molecule has 0 saturated carbocycles.